The van der Waals surface area contributed by atoms with Crippen LogP contribution >= 0.6 is 35.3 Å². The zero-order valence-corrected chi connectivity index (χ0v) is 20.7. The van der Waals surface area contributed by atoms with Gasteiger partial charge in [0.15, 0.2) is 11.8 Å². The Morgan fingerprint density at radius 3 is 2.55 bits per heavy atom. The van der Waals surface area contributed by atoms with Gasteiger partial charge in [0.05, 0.1) is 5.69 Å². The van der Waals surface area contributed by atoms with Crippen molar-refractivity contribution in [1.29, 1.82) is 0 Å². The molecular weight excluding hydrogens is 495 g/mol. The van der Waals surface area contributed by atoms with Gasteiger partial charge in [-0.2, -0.15) is 5.10 Å². The molecule has 8 heteroatoms. The van der Waals surface area contributed by atoms with Gasteiger partial charge in [0.2, 0.25) is 0 Å². The first-order valence-electron chi connectivity index (χ1n) is 9.36. The molecule has 3 rings (SSSR count). The van der Waals surface area contributed by atoms with E-state index in [1.54, 1.807) is 18.4 Å². The van der Waals surface area contributed by atoms with Crippen molar-refractivity contribution in [3.63, 3.8) is 0 Å². The number of nitrogens with zero attached hydrogens (tertiary/aromatic N) is 4. The highest BCUT2D eigenvalue weighted by molar-refractivity contribution is 14.0. The van der Waals surface area contributed by atoms with E-state index in [9.17, 15) is 0 Å². The minimum absolute atomic E-state index is 0. The molecule has 0 saturated heterocycles. The predicted octanol–water partition coefficient (Wildman–Crippen LogP) is 4.21. The minimum Gasteiger partial charge on any atom is -0.356 e. The number of halogens is 1. The smallest absolute Gasteiger partial charge is 0.191 e. The van der Waals surface area contributed by atoms with Crippen molar-refractivity contribution in [3.8, 4) is 5.82 Å². The zero-order chi connectivity index (χ0) is 20.1. The fourth-order valence-electron chi connectivity index (χ4n) is 2.97. The van der Waals surface area contributed by atoms with E-state index in [1.807, 2.05) is 36.9 Å². The van der Waals surface area contributed by atoms with Crippen molar-refractivity contribution in [3.05, 3.63) is 63.7 Å². The fraction of sp³-hybridized carbons (Fsp3) is 0.381. The Morgan fingerprint density at radius 1 is 1.21 bits per heavy atom. The van der Waals surface area contributed by atoms with Gasteiger partial charge in [-0.1, -0.05) is 26.0 Å². The van der Waals surface area contributed by atoms with E-state index >= 15 is 0 Å². The van der Waals surface area contributed by atoms with Crippen LogP contribution < -0.4 is 10.6 Å². The topological polar surface area (TPSA) is 67.1 Å². The molecule has 0 aliphatic rings. The average molecular weight is 524 g/mol. The molecule has 2 N–H and O–H groups in total. The number of hydrogen-bond acceptors (Lipinski definition) is 4. The van der Waals surface area contributed by atoms with Gasteiger partial charge in [0.1, 0.15) is 0 Å². The SMILES string of the molecule is CN=C(NCc1ccc(-n2nc(C)cc2C)nc1)NCC(C)(C)c1cccs1.I. The third kappa shape index (κ3) is 6.02. The summed E-state index contributed by atoms with van der Waals surface area (Å²) in [6, 6.07) is 10.4. The van der Waals surface area contributed by atoms with Gasteiger partial charge < -0.3 is 10.6 Å². The summed E-state index contributed by atoms with van der Waals surface area (Å²) in [7, 11) is 1.79. The van der Waals surface area contributed by atoms with E-state index < -0.39 is 0 Å². The van der Waals surface area contributed by atoms with Crippen LogP contribution in [0.3, 0.4) is 0 Å². The Hall–Kier alpha value is -1.94. The number of nitrogens with one attached hydrogen (secondary N) is 2. The molecule has 0 spiro atoms. The van der Waals surface area contributed by atoms with Crippen LogP contribution in [-0.2, 0) is 12.0 Å². The molecule has 156 valence electrons. The highest BCUT2D eigenvalue weighted by Gasteiger charge is 2.21. The second kappa shape index (κ2) is 10.2. The number of aromatic nitrogens is 3. The molecule has 0 amide bonds. The summed E-state index contributed by atoms with van der Waals surface area (Å²) in [4.78, 5) is 10.2. The largest absolute Gasteiger partial charge is 0.356 e. The third-order valence-electron chi connectivity index (χ3n) is 4.61. The van der Waals surface area contributed by atoms with E-state index in [2.05, 4.69) is 63.1 Å². The molecule has 0 aromatic carbocycles. The Morgan fingerprint density at radius 2 is 2.00 bits per heavy atom. The molecule has 0 atom stereocenters. The zero-order valence-electron chi connectivity index (χ0n) is 17.6. The molecular formula is C21H29IN6S. The lowest BCUT2D eigenvalue weighted by atomic mass is 9.91. The van der Waals surface area contributed by atoms with Crippen molar-refractivity contribution in [1.82, 2.24) is 25.4 Å². The maximum atomic E-state index is 4.55. The van der Waals surface area contributed by atoms with Gasteiger partial charge in [0.25, 0.3) is 0 Å². The maximum Gasteiger partial charge on any atom is 0.191 e. The van der Waals surface area contributed by atoms with Gasteiger partial charge in [-0.25, -0.2) is 9.67 Å². The van der Waals surface area contributed by atoms with Crippen LogP contribution in [0, 0.1) is 13.8 Å². The Balaban J connectivity index is 0.00000300. The molecule has 29 heavy (non-hydrogen) atoms. The van der Waals surface area contributed by atoms with E-state index in [0.29, 0.717) is 6.54 Å². The lowest BCUT2D eigenvalue weighted by Crippen LogP contribution is -2.42. The quantitative estimate of drug-likeness (QED) is 0.288. The summed E-state index contributed by atoms with van der Waals surface area (Å²) in [6.45, 7) is 9.96. The van der Waals surface area contributed by atoms with Crippen molar-refractivity contribution in [2.24, 2.45) is 4.99 Å². The van der Waals surface area contributed by atoms with Gasteiger partial charge in [-0.3, -0.25) is 4.99 Å². The summed E-state index contributed by atoms with van der Waals surface area (Å²) in [6.07, 6.45) is 1.88. The highest BCUT2D eigenvalue weighted by atomic mass is 127. The minimum atomic E-state index is 0. The monoisotopic (exact) mass is 524 g/mol. The van der Waals surface area contributed by atoms with Crippen LogP contribution in [0.25, 0.3) is 5.82 Å². The lowest BCUT2D eigenvalue weighted by Gasteiger charge is -2.25. The second-order valence-electron chi connectivity index (χ2n) is 7.50. The summed E-state index contributed by atoms with van der Waals surface area (Å²) in [5.74, 6) is 1.61. The normalized spacial score (nSPS) is 11.8. The van der Waals surface area contributed by atoms with Gasteiger partial charge in [-0.15, -0.1) is 35.3 Å². The average Bonchev–Trinajstić information content (AvgIpc) is 3.32. The molecule has 0 radical (unpaired) electrons. The lowest BCUT2D eigenvalue weighted by molar-refractivity contribution is 0.518. The number of aryl methyl sites for hydroxylation is 2. The first-order chi connectivity index (χ1) is 13.4. The Bertz CT molecular complexity index is 929. The van der Waals surface area contributed by atoms with Crippen LogP contribution in [0.15, 0.2) is 46.9 Å². The molecule has 3 aromatic heterocycles. The van der Waals surface area contributed by atoms with Crippen molar-refractivity contribution >= 4 is 41.3 Å². The second-order valence-corrected chi connectivity index (χ2v) is 8.45. The molecule has 0 aliphatic heterocycles. The van der Waals surface area contributed by atoms with Crippen LogP contribution in [0.2, 0.25) is 0 Å². The summed E-state index contributed by atoms with van der Waals surface area (Å²) < 4.78 is 1.86. The number of pyridine rings is 1. The van der Waals surface area contributed by atoms with Crippen LogP contribution in [0.4, 0.5) is 0 Å². The van der Waals surface area contributed by atoms with E-state index in [0.717, 1.165) is 35.3 Å². The van der Waals surface area contributed by atoms with E-state index in [1.165, 1.54) is 4.88 Å². The summed E-state index contributed by atoms with van der Waals surface area (Å²) in [5.41, 5.74) is 3.21. The number of rotatable bonds is 6. The van der Waals surface area contributed by atoms with Gasteiger partial charge in [-0.05, 0) is 43.0 Å². The van der Waals surface area contributed by atoms with Crippen LogP contribution in [0.1, 0.15) is 35.7 Å². The molecule has 0 unspecified atom stereocenters. The molecule has 0 bridgehead atoms. The van der Waals surface area contributed by atoms with Crippen molar-refractivity contribution < 1.29 is 0 Å². The molecule has 3 aromatic rings. The van der Waals surface area contributed by atoms with E-state index in [4.69, 9.17) is 0 Å². The standard InChI is InChI=1S/C21H28N6S.HI/c1-15-11-16(2)27(26-15)19-9-8-17(12-23-19)13-24-20(22-5)25-14-21(3,4)18-7-6-10-28-18;/h6-12H,13-14H2,1-5H3,(H2,22,24,25);1H. The maximum absolute atomic E-state index is 4.55. The summed E-state index contributed by atoms with van der Waals surface area (Å²) in [5, 5.41) is 13.4. The van der Waals surface area contributed by atoms with Gasteiger partial charge >= 0.3 is 0 Å². The van der Waals surface area contributed by atoms with E-state index in [-0.39, 0.29) is 29.4 Å². The molecule has 0 fully saturated rings. The molecule has 0 saturated carbocycles. The highest BCUT2D eigenvalue weighted by Crippen LogP contribution is 2.26. The fourth-order valence-corrected chi connectivity index (χ4v) is 3.82. The number of hydrogen-bond donors (Lipinski definition) is 2. The first kappa shape index (κ1) is 23.3. The number of guanidine groups is 1. The molecule has 3 heterocycles. The first-order valence-corrected chi connectivity index (χ1v) is 10.2. The van der Waals surface area contributed by atoms with Crippen LogP contribution in [0.5, 0.6) is 0 Å². The molecule has 6 nitrogen and oxygen atoms in total. The third-order valence-corrected chi connectivity index (χ3v) is 5.84. The Kier molecular flexibility index (Phi) is 8.21. The van der Waals surface area contributed by atoms with Crippen molar-refractivity contribution in [2.45, 2.75) is 39.7 Å². The predicted molar refractivity (Wildman–Crippen MR) is 132 cm³/mol. The Labute approximate surface area is 193 Å². The summed E-state index contributed by atoms with van der Waals surface area (Å²) >= 11 is 1.79. The molecule has 0 aliphatic carbocycles. The number of aliphatic imine (C=N–C) groups is 1. The number of thiophene rings is 1. The van der Waals surface area contributed by atoms with Crippen molar-refractivity contribution in [2.75, 3.05) is 13.6 Å². The van der Waals surface area contributed by atoms with Gasteiger partial charge in [0, 0.05) is 42.3 Å². The van der Waals surface area contributed by atoms with Crippen LogP contribution in [-0.4, -0.2) is 34.3 Å².